The van der Waals surface area contributed by atoms with Crippen molar-refractivity contribution in [1.82, 2.24) is 10.2 Å². The maximum atomic E-state index is 13.4. The number of benzene rings is 1. The van der Waals surface area contributed by atoms with Gasteiger partial charge in [0.1, 0.15) is 12.4 Å². The van der Waals surface area contributed by atoms with Crippen molar-refractivity contribution in [3.63, 3.8) is 0 Å². The van der Waals surface area contributed by atoms with Crippen molar-refractivity contribution in [2.45, 2.75) is 6.54 Å². The van der Waals surface area contributed by atoms with E-state index in [1.165, 1.54) is 22.7 Å². The van der Waals surface area contributed by atoms with Crippen molar-refractivity contribution < 1.29 is 14.0 Å². The van der Waals surface area contributed by atoms with E-state index in [4.69, 9.17) is 0 Å². The molecule has 19 heavy (non-hydrogen) atoms. The standard InChI is InChI=1S/C12H12BrFN2O2S/c13-9-1-2-10(14)8(3-9)4-15-11(17)5-16-7-19-6-12(16)18/h1-3H,4-7H2,(H,15,17). The molecule has 0 aromatic heterocycles. The van der Waals surface area contributed by atoms with E-state index in [0.717, 1.165) is 4.47 Å². The third-order valence-electron chi connectivity index (χ3n) is 2.64. The van der Waals surface area contributed by atoms with Gasteiger partial charge in [-0.05, 0) is 18.2 Å². The molecule has 1 saturated heterocycles. The van der Waals surface area contributed by atoms with Gasteiger partial charge in [-0.25, -0.2) is 4.39 Å². The first-order chi connectivity index (χ1) is 9.06. The van der Waals surface area contributed by atoms with E-state index < -0.39 is 0 Å². The summed E-state index contributed by atoms with van der Waals surface area (Å²) in [5.41, 5.74) is 0.407. The summed E-state index contributed by atoms with van der Waals surface area (Å²) in [4.78, 5) is 24.5. The molecule has 102 valence electrons. The number of rotatable bonds is 4. The van der Waals surface area contributed by atoms with Crippen LogP contribution in [0.25, 0.3) is 0 Å². The van der Waals surface area contributed by atoms with Crippen LogP contribution in [0.1, 0.15) is 5.56 Å². The molecule has 0 radical (unpaired) electrons. The molecule has 1 aromatic rings. The lowest BCUT2D eigenvalue weighted by atomic mass is 10.2. The van der Waals surface area contributed by atoms with Crippen LogP contribution in [0.3, 0.4) is 0 Å². The molecule has 0 bridgehead atoms. The highest BCUT2D eigenvalue weighted by molar-refractivity contribution is 9.10. The van der Waals surface area contributed by atoms with E-state index in [0.29, 0.717) is 17.2 Å². The van der Waals surface area contributed by atoms with Gasteiger partial charge in [0, 0.05) is 16.6 Å². The lowest BCUT2D eigenvalue weighted by Crippen LogP contribution is -2.37. The van der Waals surface area contributed by atoms with Crippen molar-refractivity contribution in [2.24, 2.45) is 0 Å². The summed E-state index contributed by atoms with van der Waals surface area (Å²) < 4.78 is 14.2. The Labute approximate surface area is 122 Å². The van der Waals surface area contributed by atoms with Gasteiger partial charge in [0.05, 0.1) is 11.6 Å². The first-order valence-electron chi connectivity index (χ1n) is 5.62. The van der Waals surface area contributed by atoms with Gasteiger partial charge in [-0.3, -0.25) is 9.59 Å². The molecule has 1 aromatic carbocycles. The Hall–Kier alpha value is -1.08. The van der Waals surface area contributed by atoms with Gasteiger partial charge in [0.15, 0.2) is 0 Å². The highest BCUT2D eigenvalue weighted by Crippen LogP contribution is 2.16. The fraction of sp³-hybridized carbons (Fsp3) is 0.333. The quantitative estimate of drug-likeness (QED) is 0.903. The average Bonchev–Trinajstić information content (AvgIpc) is 2.76. The summed E-state index contributed by atoms with van der Waals surface area (Å²) in [6, 6.07) is 4.56. The Morgan fingerprint density at radius 1 is 1.53 bits per heavy atom. The van der Waals surface area contributed by atoms with Gasteiger partial charge >= 0.3 is 0 Å². The predicted octanol–water partition coefficient (Wildman–Crippen LogP) is 1.74. The topological polar surface area (TPSA) is 49.4 Å². The molecular weight excluding hydrogens is 335 g/mol. The maximum absolute atomic E-state index is 13.4. The summed E-state index contributed by atoms with van der Waals surface area (Å²) >= 11 is 4.73. The minimum Gasteiger partial charge on any atom is -0.350 e. The first-order valence-corrected chi connectivity index (χ1v) is 7.57. The van der Waals surface area contributed by atoms with Crippen LogP contribution in [-0.4, -0.2) is 34.9 Å². The molecule has 0 spiro atoms. The van der Waals surface area contributed by atoms with Gasteiger partial charge in [-0.1, -0.05) is 15.9 Å². The maximum Gasteiger partial charge on any atom is 0.239 e. The van der Waals surface area contributed by atoms with Gasteiger partial charge in [0.2, 0.25) is 11.8 Å². The lowest BCUT2D eigenvalue weighted by molar-refractivity contribution is -0.132. The average molecular weight is 347 g/mol. The zero-order valence-corrected chi connectivity index (χ0v) is 12.4. The number of amides is 2. The molecule has 1 aliphatic heterocycles. The predicted molar refractivity (Wildman–Crippen MR) is 75.0 cm³/mol. The Balaban J connectivity index is 1.86. The van der Waals surface area contributed by atoms with E-state index in [-0.39, 0.29) is 30.7 Å². The van der Waals surface area contributed by atoms with Gasteiger partial charge in [-0.2, -0.15) is 0 Å². The number of halogens is 2. The summed E-state index contributed by atoms with van der Waals surface area (Å²) in [6.07, 6.45) is 0. The second kappa shape index (κ2) is 6.38. The molecule has 0 saturated carbocycles. The van der Waals surface area contributed by atoms with Crippen molar-refractivity contribution in [3.8, 4) is 0 Å². The SMILES string of the molecule is O=C(CN1CSCC1=O)NCc1cc(Br)ccc1F. The van der Waals surface area contributed by atoms with E-state index in [1.807, 2.05) is 0 Å². The van der Waals surface area contributed by atoms with Gasteiger partial charge < -0.3 is 10.2 Å². The van der Waals surface area contributed by atoms with E-state index in [2.05, 4.69) is 21.2 Å². The third-order valence-corrected chi connectivity index (χ3v) is 4.08. The van der Waals surface area contributed by atoms with E-state index >= 15 is 0 Å². The van der Waals surface area contributed by atoms with Crippen molar-refractivity contribution >= 4 is 39.5 Å². The molecule has 2 rings (SSSR count). The number of hydrogen-bond donors (Lipinski definition) is 1. The number of nitrogens with one attached hydrogen (secondary N) is 1. The Bertz CT molecular complexity index is 513. The highest BCUT2D eigenvalue weighted by Gasteiger charge is 2.22. The minimum atomic E-state index is -0.365. The Morgan fingerprint density at radius 3 is 3.00 bits per heavy atom. The minimum absolute atomic E-state index is 0.0292. The molecule has 1 aliphatic rings. The monoisotopic (exact) mass is 346 g/mol. The zero-order valence-electron chi connectivity index (χ0n) is 9.99. The molecule has 4 nitrogen and oxygen atoms in total. The number of carbonyl (C=O) groups is 2. The highest BCUT2D eigenvalue weighted by atomic mass is 79.9. The van der Waals surface area contributed by atoms with Crippen LogP contribution in [0.5, 0.6) is 0 Å². The van der Waals surface area contributed by atoms with Crippen LogP contribution in [0.2, 0.25) is 0 Å². The fourth-order valence-electron chi connectivity index (χ4n) is 1.64. The van der Waals surface area contributed by atoms with Crippen LogP contribution in [0.4, 0.5) is 4.39 Å². The van der Waals surface area contributed by atoms with Crippen LogP contribution in [0, 0.1) is 5.82 Å². The molecule has 0 aliphatic carbocycles. The fourth-order valence-corrected chi connectivity index (χ4v) is 2.95. The Kier molecular flexibility index (Phi) is 4.81. The number of hydrogen-bond acceptors (Lipinski definition) is 3. The summed E-state index contributed by atoms with van der Waals surface area (Å²) in [5.74, 6) is 0.283. The number of carbonyl (C=O) groups excluding carboxylic acids is 2. The second-order valence-corrected chi connectivity index (χ2v) is 5.95. The smallest absolute Gasteiger partial charge is 0.239 e. The molecule has 0 unspecified atom stereocenters. The molecule has 2 amide bonds. The van der Waals surface area contributed by atoms with Crippen molar-refractivity contribution in [3.05, 3.63) is 34.1 Å². The molecule has 0 atom stereocenters. The third kappa shape index (κ3) is 3.94. The van der Waals surface area contributed by atoms with Gasteiger partial charge in [-0.15, -0.1) is 11.8 Å². The molecular formula is C12H12BrFN2O2S. The van der Waals surface area contributed by atoms with Crippen molar-refractivity contribution in [1.29, 1.82) is 0 Å². The zero-order chi connectivity index (χ0) is 13.8. The van der Waals surface area contributed by atoms with Crippen molar-refractivity contribution in [2.75, 3.05) is 18.2 Å². The summed E-state index contributed by atoms with van der Waals surface area (Å²) in [6.45, 7) is 0.140. The summed E-state index contributed by atoms with van der Waals surface area (Å²) in [7, 11) is 0. The Morgan fingerprint density at radius 2 is 2.32 bits per heavy atom. The van der Waals surface area contributed by atoms with Crippen LogP contribution in [0.15, 0.2) is 22.7 Å². The number of nitrogens with zero attached hydrogens (tertiary/aromatic N) is 1. The molecule has 7 heteroatoms. The van der Waals surface area contributed by atoms with E-state index in [9.17, 15) is 14.0 Å². The van der Waals surface area contributed by atoms with Gasteiger partial charge in [0.25, 0.3) is 0 Å². The molecule has 1 heterocycles. The second-order valence-electron chi connectivity index (χ2n) is 4.08. The molecule has 1 N–H and O–H groups in total. The van der Waals surface area contributed by atoms with Crippen LogP contribution in [-0.2, 0) is 16.1 Å². The largest absolute Gasteiger partial charge is 0.350 e. The normalized spacial score (nSPS) is 14.8. The van der Waals surface area contributed by atoms with Crippen LogP contribution >= 0.6 is 27.7 Å². The lowest BCUT2D eigenvalue weighted by Gasteiger charge is -2.14. The molecule has 1 fully saturated rings. The van der Waals surface area contributed by atoms with Crippen LogP contribution < -0.4 is 5.32 Å². The first kappa shape index (κ1) is 14.3. The van der Waals surface area contributed by atoms with E-state index in [1.54, 1.807) is 12.1 Å². The number of thioether (sulfide) groups is 1. The summed E-state index contributed by atoms with van der Waals surface area (Å²) in [5, 5.41) is 2.61.